The van der Waals surface area contributed by atoms with E-state index in [1.54, 1.807) is 0 Å². The fourth-order valence-corrected chi connectivity index (χ4v) is 3.12. The lowest BCUT2D eigenvalue weighted by molar-refractivity contribution is -0.122. The van der Waals surface area contributed by atoms with Crippen LogP contribution in [0.15, 0.2) is 0 Å². The average molecular weight is 293 g/mol. The van der Waals surface area contributed by atoms with Gasteiger partial charge in [-0.15, -0.1) is 0 Å². The first-order valence-corrected chi connectivity index (χ1v) is 8.21. The molecule has 1 rings (SSSR count). The first-order valence-electron chi connectivity index (χ1n) is 6.56. The highest BCUT2D eigenvalue weighted by atomic mass is 32.2. The van der Waals surface area contributed by atoms with Crippen molar-refractivity contribution in [3.8, 4) is 0 Å². The number of hydrogen-bond acceptors (Lipinski definition) is 5. The summed E-state index contributed by atoms with van der Waals surface area (Å²) < 4.78 is 30.7. The number of nitrogens with one attached hydrogen (secondary N) is 2. The van der Waals surface area contributed by atoms with E-state index < -0.39 is 15.9 Å². The van der Waals surface area contributed by atoms with Crippen molar-refractivity contribution in [1.82, 2.24) is 10.0 Å². The van der Waals surface area contributed by atoms with Crippen LogP contribution in [0.2, 0.25) is 0 Å². The molecule has 4 N–H and O–H groups in total. The Kier molecular flexibility index (Phi) is 7.29. The molecule has 0 aromatic rings. The summed E-state index contributed by atoms with van der Waals surface area (Å²) in [6.45, 7) is 1.09. The van der Waals surface area contributed by atoms with Crippen molar-refractivity contribution < 1.29 is 17.9 Å². The first-order chi connectivity index (χ1) is 8.99. The van der Waals surface area contributed by atoms with E-state index in [0.29, 0.717) is 12.5 Å². The normalized spacial score (nSPS) is 20.3. The van der Waals surface area contributed by atoms with E-state index in [2.05, 4.69) is 10.0 Å². The molecule has 7 nitrogen and oxygen atoms in total. The Labute approximate surface area is 114 Å². The van der Waals surface area contributed by atoms with Crippen LogP contribution in [0.25, 0.3) is 0 Å². The predicted octanol–water partition coefficient (Wildman–Crippen LogP) is -1.06. The predicted molar refractivity (Wildman–Crippen MR) is 72.1 cm³/mol. The number of carbonyl (C=O) groups excluding carboxylic acids is 1. The third kappa shape index (κ3) is 8.14. The molecule has 1 heterocycles. The van der Waals surface area contributed by atoms with Crippen molar-refractivity contribution in [3.05, 3.63) is 0 Å². The average Bonchev–Trinajstić information content (AvgIpc) is 2.37. The van der Waals surface area contributed by atoms with Gasteiger partial charge in [-0.1, -0.05) is 6.42 Å². The van der Waals surface area contributed by atoms with Crippen molar-refractivity contribution >= 4 is 15.9 Å². The topological polar surface area (TPSA) is 111 Å². The molecule has 0 spiro atoms. The lowest BCUT2D eigenvalue weighted by Crippen LogP contribution is -2.37. The highest BCUT2D eigenvalue weighted by Gasteiger charge is 2.16. The summed E-state index contributed by atoms with van der Waals surface area (Å²) in [4.78, 5) is 10.4. The molecule has 112 valence electrons. The van der Waals surface area contributed by atoms with Crippen LogP contribution in [0.5, 0.6) is 0 Å². The summed E-state index contributed by atoms with van der Waals surface area (Å²) in [7, 11) is -3.27. The Morgan fingerprint density at radius 1 is 1.42 bits per heavy atom. The first kappa shape index (κ1) is 16.4. The summed E-state index contributed by atoms with van der Waals surface area (Å²) >= 11 is 0. The second kappa shape index (κ2) is 8.47. The molecule has 1 atom stereocenters. The molecule has 19 heavy (non-hydrogen) atoms. The molecule has 0 bridgehead atoms. The maximum absolute atomic E-state index is 11.7. The molecule has 0 aromatic carbocycles. The van der Waals surface area contributed by atoms with Gasteiger partial charge in [0.1, 0.15) is 6.61 Å². The van der Waals surface area contributed by atoms with Gasteiger partial charge in [0.15, 0.2) is 0 Å². The van der Waals surface area contributed by atoms with Crippen molar-refractivity contribution in [1.29, 1.82) is 0 Å². The van der Waals surface area contributed by atoms with Crippen LogP contribution in [0.3, 0.4) is 0 Å². The summed E-state index contributed by atoms with van der Waals surface area (Å²) in [5.41, 5.74) is 4.88. The molecule has 1 fully saturated rings. The molecule has 0 radical (unpaired) electrons. The zero-order valence-electron chi connectivity index (χ0n) is 11.1. The number of ether oxygens (including phenoxy) is 1. The van der Waals surface area contributed by atoms with E-state index in [-0.39, 0.29) is 25.5 Å². The molecule has 1 unspecified atom stereocenters. The van der Waals surface area contributed by atoms with Gasteiger partial charge in [0.25, 0.3) is 0 Å². The zero-order valence-corrected chi connectivity index (χ0v) is 11.9. The fraction of sp³-hybridized carbons (Fsp3) is 0.909. The molecule has 1 saturated heterocycles. The molecule has 0 aromatic heterocycles. The molecule has 1 amide bonds. The minimum absolute atomic E-state index is 0.112. The third-order valence-electron chi connectivity index (χ3n) is 2.96. The summed E-state index contributed by atoms with van der Waals surface area (Å²) in [6, 6.07) is 0.302. The Hall–Kier alpha value is -0.700. The Morgan fingerprint density at radius 3 is 2.84 bits per heavy atom. The lowest BCUT2D eigenvalue weighted by Gasteiger charge is -2.23. The molecule has 1 aliphatic heterocycles. The third-order valence-corrected chi connectivity index (χ3v) is 4.38. The molecule has 8 heteroatoms. The van der Waals surface area contributed by atoms with E-state index >= 15 is 0 Å². The van der Waals surface area contributed by atoms with Crippen molar-refractivity contribution in [2.75, 3.05) is 32.1 Å². The van der Waals surface area contributed by atoms with Crippen molar-refractivity contribution in [2.24, 2.45) is 5.73 Å². The van der Waals surface area contributed by atoms with Gasteiger partial charge >= 0.3 is 0 Å². The van der Waals surface area contributed by atoms with E-state index in [4.69, 9.17) is 10.5 Å². The second-order valence-electron chi connectivity index (χ2n) is 4.67. The van der Waals surface area contributed by atoms with Gasteiger partial charge in [-0.25, -0.2) is 13.1 Å². The minimum atomic E-state index is -3.27. The fourth-order valence-electron chi connectivity index (χ4n) is 1.98. The number of piperidine rings is 1. The summed E-state index contributed by atoms with van der Waals surface area (Å²) in [5.74, 6) is -0.452. The number of nitrogens with two attached hydrogens (primary N) is 1. The molecule has 1 aliphatic rings. The monoisotopic (exact) mass is 293 g/mol. The Morgan fingerprint density at radius 2 is 2.21 bits per heavy atom. The number of sulfonamides is 1. The van der Waals surface area contributed by atoms with Crippen LogP contribution in [-0.4, -0.2) is 52.4 Å². The van der Waals surface area contributed by atoms with Crippen LogP contribution in [0.4, 0.5) is 0 Å². The maximum Gasteiger partial charge on any atom is 0.243 e. The van der Waals surface area contributed by atoms with Crippen LogP contribution in [0, 0.1) is 0 Å². The maximum atomic E-state index is 11.7. The highest BCUT2D eigenvalue weighted by molar-refractivity contribution is 7.89. The van der Waals surface area contributed by atoms with Gasteiger partial charge in [-0.05, 0) is 25.8 Å². The number of hydrogen-bond donors (Lipinski definition) is 3. The Bertz CT molecular complexity index is 366. The van der Waals surface area contributed by atoms with E-state index in [1.807, 2.05) is 0 Å². The molecule has 0 saturated carbocycles. The number of rotatable bonds is 9. The van der Waals surface area contributed by atoms with Crippen molar-refractivity contribution in [3.63, 3.8) is 0 Å². The van der Waals surface area contributed by atoms with E-state index in [0.717, 1.165) is 19.4 Å². The molecular formula is C11H23N3O4S. The zero-order chi connectivity index (χ0) is 14.1. The van der Waals surface area contributed by atoms with Gasteiger partial charge in [0.2, 0.25) is 15.9 Å². The standard InChI is InChI=1S/C11H23N3O4S/c12-11(15)9-18-7-6-14-19(16,17)8-4-10-3-1-2-5-13-10/h10,13-14H,1-9H2,(H2,12,15). The number of primary amides is 1. The lowest BCUT2D eigenvalue weighted by atomic mass is 10.0. The van der Waals surface area contributed by atoms with Gasteiger partial charge in [0.05, 0.1) is 12.4 Å². The van der Waals surface area contributed by atoms with Crippen LogP contribution in [0.1, 0.15) is 25.7 Å². The SMILES string of the molecule is NC(=O)COCCNS(=O)(=O)CCC1CCCCN1. The van der Waals surface area contributed by atoms with Gasteiger partial charge < -0.3 is 15.8 Å². The number of carbonyl (C=O) groups is 1. The quantitative estimate of drug-likeness (QED) is 0.469. The summed E-state index contributed by atoms with van der Waals surface area (Å²) in [6.07, 6.45) is 3.99. The van der Waals surface area contributed by atoms with E-state index in [1.165, 1.54) is 6.42 Å². The van der Waals surface area contributed by atoms with Crippen LogP contribution < -0.4 is 15.8 Å². The largest absolute Gasteiger partial charge is 0.370 e. The summed E-state index contributed by atoms with van der Waals surface area (Å²) in [5, 5.41) is 3.31. The van der Waals surface area contributed by atoms with Crippen molar-refractivity contribution in [2.45, 2.75) is 31.7 Å². The van der Waals surface area contributed by atoms with E-state index in [9.17, 15) is 13.2 Å². The van der Waals surface area contributed by atoms with Gasteiger partial charge in [0, 0.05) is 12.6 Å². The molecular weight excluding hydrogens is 270 g/mol. The van der Waals surface area contributed by atoms with Crippen LogP contribution in [-0.2, 0) is 19.6 Å². The van der Waals surface area contributed by atoms with Crippen LogP contribution >= 0.6 is 0 Å². The minimum Gasteiger partial charge on any atom is -0.370 e. The second-order valence-corrected chi connectivity index (χ2v) is 6.59. The Balaban J connectivity index is 2.11. The van der Waals surface area contributed by atoms with Gasteiger partial charge in [-0.2, -0.15) is 0 Å². The smallest absolute Gasteiger partial charge is 0.243 e. The molecule has 0 aliphatic carbocycles. The number of amides is 1. The van der Waals surface area contributed by atoms with Gasteiger partial charge in [-0.3, -0.25) is 4.79 Å². The highest BCUT2D eigenvalue weighted by Crippen LogP contribution is 2.10.